The Hall–Kier alpha value is -1.50. The standard InChI is InChI=1S/C10H14N2O4S/c1-7(13)12-9(10(14)15)2-3-17-6-8-4-11-16-5-8/h4-5,9H,2-3,6H2,1H3,(H,12,13)(H,14,15). The lowest BCUT2D eigenvalue weighted by Crippen LogP contribution is -2.39. The summed E-state index contributed by atoms with van der Waals surface area (Å²) in [6.07, 6.45) is 3.57. The minimum Gasteiger partial charge on any atom is -0.480 e. The number of thioether (sulfide) groups is 1. The van der Waals surface area contributed by atoms with Crippen LogP contribution in [0.15, 0.2) is 17.0 Å². The predicted molar refractivity (Wildman–Crippen MR) is 62.5 cm³/mol. The number of carbonyl (C=O) groups excluding carboxylic acids is 1. The smallest absolute Gasteiger partial charge is 0.326 e. The van der Waals surface area contributed by atoms with Crippen LogP contribution in [0.2, 0.25) is 0 Å². The van der Waals surface area contributed by atoms with Crippen LogP contribution < -0.4 is 5.32 Å². The molecule has 1 aromatic rings. The van der Waals surface area contributed by atoms with Gasteiger partial charge in [0.1, 0.15) is 12.3 Å². The fourth-order valence-corrected chi connectivity index (χ4v) is 2.12. The number of rotatable bonds is 7. The molecule has 17 heavy (non-hydrogen) atoms. The second-order valence-electron chi connectivity index (χ2n) is 3.47. The fraction of sp³-hybridized carbons (Fsp3) is 0.500. The van der Waals surface area contributed by atoms with Crippen molar-refractivity contribution in [2.24, 2.45) is 0 Å². The molecule has 0 saturated heterocycles. The van der Waals surface area contributed by atoms with E-state index in [-0.39, 0.29) is 5.91 Å². The zero-order valence-electron chi connectivity index (χ0n) is 9.38. The van der Waals surface area contributed by atoms with E-state index in [4.69, 9.17) is 5.11 Å². The van der Waals surface area contributed by atoms with E-state index in [1.807, 2.05) is 0 Å². The molecule has 2 N–H and O–H groups in total. The summed E-state index contributed by atoms with van der Waals surface area (Å²) in [5.74, 6) is 0.0189. The number of nitrogens with zero attached hydrogens (tertiary/aromatic N) is 1. The Balaban J connectivity index is 2.23. The summed E-state index contributed by atoms with van der Waals surface area (Å²) in [6, 6.07) is -0.817. The van der Waals surface area contributed by atoms with E-state index in [0.717, 1.165) is 11.3 Å². The number of aliphatic carboxylic acids is 1. The van der Waals surface area contributed by atoms with Crippen LogP contribution in [0.5, 0.6) is 0 Å². The highest BCUT2D eigenvalue weighted by molar-refractivity contribution is 7.98. The number of amides is 1. The first-order valence-corrected chi connectivity index (χ1v) is 6.21. The van der Waals surface area contributed by atoms with Gasteiger partial charge in [0.25, 0.3) is 0 Å². The van der Waals surface area contributed by atoms with Gasteiger partial charge in [-0.2, -0.15) is 11.8 Å². The number of carboxylic acids is 1. The Morgan fingerprint density at radius 2 is 2.41 bits per heavy atom. The van der Waals surface area contributed by atoms with E-state index < -0.39 is 12.0 Å². The lowest BCUT2D eigenvalue weighted by Gasteiger charge is -2.12. The molecule has 0 saturated carbocycles. The molecule has 1 atom stereocenters. The maximum absolute atomic E-state index is 10.8. The highest BCUT2D eigenvalue weighted by Gasteiger charge is 2.17. The van der Waals surface area contributed by atoms with Crippen molar-refractivity contribution >= 4 is 23.6 Å². The Kier molecular flexibility index (Phi) is 5.55. The van der Waals surface area contributed by atoms with Gasteiger partial charge in [0.2, 0.25) is 5.91 Å². The first-order valence-electron chi connectivity index (χ1n) is 5.05. The average molecular weight is 258 g/mol. The highest BCUT2D eigenvalue weighted by atomic mass is 32.2. The third-order valence-corrected chi connectivity index (χ3v) is 3.04. The minimum absolute atomic E-state index is 0.332. The van der Waals surface area contributed by atoms with Gasteiger partial charge in [-0.15, -0.1) is 0 Å². The molecule has 0 fully saturated rings. The van der Waals surface area contributed by atoms with Crippen molar-refractivity contribution < 1.29 is 19.2 Å². The molecule has 0 aromatic carbocycles. The number of hydrogen-bond acceptors (Lipinski definition) is 5. The Morgan fingerprint density at radius 3 is 2.94 bits per heavy atom. The molecule has 0 aliphatic heterocycles. The molecule has 1 unspecified atom stereocenters. The second-order valence-corrected chi connectivity index (χ2v) is 4.57. The molecule has 6 nitrogen and oxygen atoms in total. The van der Waals surface area contributed by atoms with Crippen molar-refractivity contribution in [2.75, 3.05) is 5.75 Å². The number of aromatic nitrogens is 1. The minimum atomic E-state index is -1.01. The molecule has 0 radical (unpaired) electrons. The van der Waals surface area contributed by atoms with Crippen LogP contribution in [0, 0.1) is 0 Å². The zero-order chi connectivity index (χ0) is 12.7. The van der Waals surface area contributed by atoms with E-state index >= 15 is 0 Å². The number of nitrogens with one attached hydrogen (secondary N) is 1. The summed E-state index contributed by atoms with van der Waals surface area (Å²) in [5, 5.41) is 14.8. The quantitative estimate of drug-likeness (QED) is 0.705. The van der Waals surface area contributed by atoms with Gasteiger partial charge >= 0.3 is 5.97 Å². The second kappa shape index (κ2) is 6.95. The maximum atomic E-state index is 10.8. The molecular formula is C10H14N2O4S. The van der Waals surface area contributed by atoms with E-state index in [0.29, 0.717) is 12.2 Å². The van der Waals surface area contributed by atoms with Crippen LogP contribution in [-0.2, 0) is 15.3 Å². The van der Waals surface area contributed by atoms with Crippen molar-refractivity contribution in [1.29, 1.82) is 0 Å². The van der Waals surface area contributed by atoms with E-state index in [2.05, 4.69) is 15.0 Å². The van der Waals surface area contributed by atoms with Crippen LogP contribution in [0.1, 0.15) is 18.9 Å². The highest BCUT2D eigenvalue weighted by Crippen LogP contribution is 2.13. The normalized spacial score (nSPS) is 12.1. The summed E-state index contributed by atoms with van der Waals surface area (Å²) in [7, 11) is 0. The van der Waals surface area contributed by atoms with E-state index in [9.17, 15) is 9.59 Å². The lowest BCUT2D eigenvalue weighted by molar-refractivity contribution is -0.141. The van der Waals surface area contributed by atoms with E-state index in [1.54, 1.807) is 24.2 Å². The lowest BCUT2D eigenvalue weighted by atomic mass is 10.2. The van der Waals surface area contributed by atoms with Gasteiger partial charge in [0, 0.05) is 18.2 Å². The molecule has 1 amide bonds. The number of carboxylic acid groups (broad SMARTS) is 1. The van der Waals surface area contributed by atoms with Crippen molar-refractivity contribution in [2.45, 2.75) is 25.1 Å². The molecule has 0 aliphatic carbocycles. The summed E-state index contributed by atoms with van der Waals surface area (Å²) in [6.45, 7) is 1.31. The fourth-order valence-electron chi connectivity index (χ4n) is 1.19. The Bertz CT molecular complexity index is 366. The van der Waals surface area contributed by atoms with Crippen LogP contribution in [0.4, 0.5) is 0 Å². The summed E-state index contributed by atoms with van der Waals surface area (Å²) in [4.78, 5) is 21.6. The molecule has 0 spiro atoms. The van der Waals surface area contributed by atoms with Gasteiger partial charge in [-0.25, -0.2) is 4.79 Å². The molecule has 0 aliphatic rings. The van der Waals surface area contributed by atoms with E-state index in [1.165, 1.54) is 6.92 Å². The molecule has 1 aromatic heterocycles. The summed E-state index contributed by atoms with van der Waals surface area (Å²) in [5.41, 5.74) is 0.960. The first kappa shape index (κ1) is 13.6. The topological polar surface area (TPSA) is 92.4 Å². The van der Waals surface area contributed by atoms with Crippen LogP contribution >= 0.6 is 11.8 Å². The summed E-state index contributed by atoms with van der Waals surface area (Å²) < 4.78 is 4.67. The zero-order valence-corrected chi connectivity index (χ0v) is 10.2. The summed E-state index contributed by atoms with van der Waals surface area (Å²) >= 11 is 1.57. The molecule has 0 bridgehead atoms. The van der Waals surface area contributed by atoms with Crippen LogP contribution in [0.3, 0.4) is 0 Å². The molecular weight excluding hydrogens is 244 g/mol. The third kappa shape index (κ3) is 5.39. The average Bonchev–Trinajstić information content (AvgIpc) is 2.74. The van der Waals surface area contributed by atoms with Crippen molar-refractivity contribution in [3.05, 3.63) is 18.0 Å². The third-order valence-electron chi connectivity index (χ3n) is 1.98. The number of hydrogen-bond donors (Lipinski definition) is 2. The van der Waals surface area contributed by atoms with Gasteiger partial charge in [0.15, 0.2) is 0 Å². The van der Waals surface area contributed by atoms with Gasteiger partial charge in [-0.3, -0.25) is 4.79 Å². The van der Waals surface area contributed by atoms with Crippen LogP contribution in [0.25, 0.3) is 0 Å². The maximum Gasteiger partial charge on any atom is 0.326 e. The van der Waals surface area contributed by atoms with Crippen LogP contribution in [-0.4, -0.2) is 33.9 Å². The molecule has 1 heterocycles. The van der Waals surface area contributed by atoms with Crippen molar-refractivity contribution in [3.63, 3.8) is 0 Å². The van der Waals surface area contributed by atoms with Gasteiger partial charge < -0.3 is 14.9 Å². The van der Waals surface area contributed by atoms with Crippen molar-refractivity contribution in [3.8, 4) is 0 Å². The largest absolute Gasteiger partial charge is 0.480 e. The van der Waals surface area contributed by atoms with Crippen molar-refractivity contribution in [1.82, 2.24) is 10.5 Å². The first-order chi connectivity index (χ1) is 8.09. The van der Waals surface area contributed by atoms with Gasteiger partial charge in [-0.1, -0.05) is 5.16 Å². The molecule has 94 valence electrons. The molecule has 7 heteroatoms. The van der Waals surface area contributed by atoms with Gasteiger partial charge in [0.05, 0.1) is 6.20 Å². The van der Waals surface area contributed by atoms with Gasteiger partial charge in [-0.05, 0) is 12.2 Å². The molecule has 1 rings (SSSR count). The monoisotopic (exact) mass is 258 g/mol. The number of carbonyl (C=O) groups is 2. The SMILES string of the molecule is CC(=O)NC(CCSCc1cnoc1)C(=O)O. The predicted octanol–water partition coefficient (Wildman–Crippen LogP) is 0.887. The Morgan fingerprint density at radius 1 is 1.65 bits per heavy atom. The Labute approximate surface area is 103 Å².